The Labute approximate surface area is 146 Å². The van der Waals surface area contributed by atoms with Crippen molar-refractivity contribution in [1.82, 2.24) is 4.90 Å². The van der Waals surface area contributed by atoms with Gasteiger partial charge in [-0.25, -0.2) is 4.39 Å². The summed E-state index contributed by atoms with van der Waals surface area (Å²) in [7, 11) is 0. The van der Waals surface area contributed by atoms with Gasteiger partial charge in [-0.3, -0.25) is 9.59 Å². The number of anilines is 2. The van der Waals surface area contributed by atoms with Crippen molar-refractivity contribution in [2.24, 2.45) is 5.92 Å². The molecule has 0 unspecified atom stereocenters. The Morgan fingerprint density at radius 2 is 2.28 bits per heavy atom. The van der Waals surface area contributed by atoms with Crippen LogP contribution in [-0.2, 0) is 14.3 Å². The minimum atomic E-state index is -0.423. The Morgan fingerprint density at radius 1 is 1.44 bits per heavy atom. The van der Waals surface area contributed by atoms with Gasteiger partial charge in [-0.2, -0.15) is 0 Å². The van der Waals surface area contributed by atoms with Gasteiger partial charge in [0.1, 0.15) is 5.82 Å². The van der Waals surface area contributed by atoms with E-state index in [0.29, 0.717) is 31.0 Å². The largest absolute Gasteiger partial charge is 0.380 e. The van der Waals surface area contributed by atoms with E-state index in [1.165, 1.54) is 6.07 Å². The van der Waals surface area contributed by atoms with Gasteiger partial charge in [0.2, 0.25) is 11.8 Å². The van der Waals surface area contributed by atoms with Crippen LogP contribution in [0.15, 0.2) is 18.2 Å². The normalized spacial score (nSPS) is 23.1. The lowest BCUT2D eigenvalue weighted by atomic mass is 10.1. The van der Waals surface area contributed by atoms with Crippen LogP contribution in [0.5, 0.6) is 0 Å². The molecule has 0 saturated carbocycles. The summed E-state index contributed by atoms with van der Waals surface area (Å²) < 4.78 is 19.7. The molecular weight excluding hydrogens is 325 g/mol. The highest BCUT2D eigenvalue weighted by atomic mass is 19.1. The zero-order chi connectivity index (χ0) is 17.8. The first-order chi connectivity index (χ1) is 12.1. The van der Waals surface area contributed by atoms with Crippen molar-refractivity contribution in [2.45, 2.75) is 32.3 Å². The molecule has 2 heterocycles. The van der Waals surface area contributed by atoms with E-state index in [4.69, 9.17) is 4.74 Å². The number of hydrogen-bond donors (Lipinski definition) is 2. The van der Waals surface area contributed by atoms with E-state index < -0.39 is 5.82 Å². The molecule has 3 rings (SSSR count). The average Bonchev–Trinajstić information content (AvgIpc) is 3.23. The number of amides is 2. The maximum Gasteiger partial charge on any atom is 0.229 e. The number of carbonyl (C=O) groups excluding carboxylic acids is 2. The summed E-state index contributed by atoms with van der Waals surface area (Å²) in [5.74, 6) is -1.06. The van der Waals surface area contributed by atoms with Crippen LogP contribution in [0, 0.1) is 11.7 Å². The van der Waals surface area contributed by atoms with Crippen LogP contribution in [0.4, 0.5) is 15.8 Å². The highest BCUT2D eigenvalue weighted by Gasteiger charge is 2.33. The molecule has 1 aromatic rings. The van der Waals surface area contributed by atoms with Crippen molar-refractivity contribution < 1.29 is 18.7 Å². The molecule has 0 aliphatic carbocycles. The molecule has 2 atom stereocenters. The molecule has 25 heavy (non-hydrogen) atoms. The van der Waals surface area contributed by atoms with E-state index in [1.54, 1.807) is 17.0 Å². The monoisotopic (exact) mass is 349 g/mol. The van der Waals surface area contributed by atoms with E-state index in [-0.39, 0.29) is 30.3 Å². The first-order valence-corrected chi connectivity index (χ1v) is 8.80. The molecule has 2 saturated heterocycles. The van der Waals surface area contributed by atoms with Crippen LogP contribution in [0.3, 0.4) is 0 Å². The molecule has 0 radical (unpaired) electrons. The molecule has 7 heteroatoms. The topological polar surface area (TPSA) is 70.7 Å². The second-order valence-electron chi connectivity index (χ2n) is 6.53. The van der Waals surface area contributed by atoms with Crippen molar-refractivity contribution in [3.05, 3.63) is 24.0 Å². The lowest BCUT2D eigenvalue weighted by Gasteiger charge is -2.15. The third-order valence-electron chi connectivity index (χ3n) is 4.75. The number of halogens is 1. The maximum atomic E-state index is 14.2. The van der Waals surface area contributed by atoms with Gasteiger partial charge in [0.15, 0.2) is 0 Å². The number of carbonyl (C=O) groups is 2. The average molecular weight is 349 g/mol. The van der Waals surface area contributed by atoms with Crippen LogP contribution < -0.4 is 10.6 Å². The number of ether oxygens (including phenoxy) is 1. The standard InChI is InChI=1S/C18H24FN3O3/c1-2-22-11-12(8-17(22)23)18(24)21-13-5-6-16(15(19)9-13)20-10-14-4-3-7-25-14/h5-6,9,12,14,20H,2-4,7-8,10-11H2,1H3,(H,21,24)/t12-,14+/m1/s1. The Balaban J connectivity index is 1.55. The number of benzene rings is 1. The second-order valence-corrected chi connectivity index (χ2v) is 6.53. The lowest BCUT2D eigenvalue weighted by molar-refractivity contribution is -0.128. The van der Waals surface area contributed by atoms with Gasteiger partial charge in [0, 0.05) is 38.3 Å². The summed E-state index contributed by atoms with van der Waals surface area (Å²) in [4.78, 5) is 25.6. The van der Waals surface area contributed by atoms with Crippen molar-refractivity contribution in [1.29, 1.82) is 0 Å². The number of hydrogen-bond acceptors (Lipinski definition) is 4. The Kier molecular flexibility index (Phi) is 5.53. The first kappa shape index (κ1) is 17.7. The summed E-state index contributed by atoms with van der Waals surface area (Å²) in [5.41, 5.74) is 0.786. The minimum Gasteiger partial charge on any atom is -0.380 e. The second kappa shape index (κ2) is 7.82. The fourth-order valence-electron chi connectivity index (χ4n) is 3.26. The van der Waals surface area contributed by atoms with E-state index >= 15 is 0 Å². The van der Waals surface area contributed by atoms with Crippen molar-refractivity contribution in [2.75, 3.05) is 36.9 Å². The van der Waals surface area contributed by atoms with Gasteiger partial charge >= 0.3 is 0 Å². The molecule has 2 aliphatic heterocycles. The third kappa shape index (κ3) is 4.28. The minimum absolute atomic E-state index is 0.0116. The van der Waals surface area contributed by atoms with Crippen LogP contribution in [0.25, 0.3) is 0 Å². The van der Waals surface area contributed by atoms with Gasteiger partial charge in [0.25, 0.3) is 0 Å². The highest BCUT2D eigenvalue weighted by Crippen LogP contribution is 2.23. The smallest absolute Gasteiger partial charge is 0.229 e. The molecule has 136 valence electrons. The zero-order valence-electron chi connectivity index (χ0n) is 14.4. The number of rotatable bonds is 6. The quantitative estimate of drug-likeness (QED) is 0.826. The summed E-state index contributed by atoms with van der Waals surface area (Å²) >= 11 is 0. The molecule has 0 aromatic heterocycles. The predicted molar refractivity (Wildman–Crippen MR) is 92.9 cm³/mol. The van der Waals surface area contributed by atoms with Crippen LogP contribution in [-0.4, -0.2) is 49.1 Å². The lowest BCUT2D eigenvalue weighted by Crippen LogP contribution is -2.28. The van der Waals surface area contributed by atoms with Crippen LogP contribution in [0.1, 0.15) is 26.2 Å². The van der Waals surface area contributed by atoms with E-state index in [1.807, 2.05) is 6.92 Å². The van der Waals surface area contributed by atoms with E-state index in [9.17, 15) is 14.0 Å². The van der Waals surface area contributed by atoms with Gasteiger partial charge in [0.05, 0.1) is 17.7 Å². The molecule has 6 nitrogen and oxygen atoms in total. The van der Waals surface area contributed by atoms with E-state index in [2.05, 4.69) is 10.6 Å². The number of nitrogens with zero attached hydrogens (tertiary/aromatic N) is 1. The summed E-state index contributed by atoms with van der Waals surface area (Å²) in [6.07, 6.45) is 2.36. The maximum absolute atomic E-state index is 14.2. The highest BCUT2D eigenvalue weighted by molar-refractivity contribution is 5.97. The van der Waals surface area contributed by atoms with Crippen LogP contribution in [0.2, 0.25) is 0 Å². The fourth-order valence-corrected chi connectivity index (χ4v) is 3.26. The first-order valence-electron chi connectivity index (χ1n) is 8.80. The summed E-state index contributed by atoms with van der Waals surface area (Å²) in [5, 5.41) is 5.75. The molecular formula is C18H24FN3O3. The van der Waals surface area contributed by atoms with Gasteiger partial charge in [-0.15, -0.1) is 0 Å². The molecule has 0 spiro atoms. The van der Waals surface area contributed by atoms with Crippen LogP contribution >= 0.6 is 0 Å². The molecule has 2 N–H and O–H groups in total. The molecule has 0 bridgehead atoms. The SMILES string of the molecule is CCN1C[C@H](C(=O)Nc2ccc(NC[C@@H]3CCCO3)c(F)c2)CC1=O. The fraction of sp³-hybridized carbons (Fsp3) is 0.556. The Hall–Kier alpha value is -2.15. The van der Waals surface area contributed by atoms with E-state index in [0.717, 1.165) is 19.4 Å². The van der Waals surface area contributed by atoms with Gasteiger partial charge in [-0.05, 0) is 38.0 Å². The Morgan fingerprint density at radius 3 is 2.92 bits per heavy atom. The molecule has 2 amide bonds. The van der Waals surface area contributed by atoms with Crippen molar-refractivity contribution in [3.8, 4) is 0 Å². The Bertz CT molecular complexity index is 646. The van der Waals surface area contributed by atoms with Crippen molar-refractivity contribution in [3.63, 3.8) is 0 Å². The van der Waals surface area contributed by atoms with Gasteiger partial charge in [-0.1, -0.05) is 0 Å². The summed E-state index contributed by atoms with van der Waals surface area (Å²) in [6.45, 7) is 4.24. The molecule has 1 aromatic carbocycles. The number of likely N-dealkylation sites (tertiary alicyclic amines) is 1. The third-order valence-corrected chi connectivity index (χ3v) is 4.75. The molecule has 2 aliphatic rings. The van der Waals surface area contributed by atoms with Gasteiger partial charge < -0.3 is 20.3 Å². The zero-order valence-corrected chi connectivity index (χ0v) is 14.4. The summed E-state index contributed by atoms with van der Waals surface area (Å²) in [6, 6.07) is 4.56. The van der Waals surface area contributed by atoms with Crippen molar-refractivity contribution >= 4 is 23.2 Å². The number of nitrogens with one attached hydrogen (secondary N) is 2. The molecule has 2 fully saturated rings. The predicted octanol–water partition coefficient (Wildman–Crippen LogP) is 2.22.